The summed E-state index contributed by atoms with van der Waals surface area (Å²) in [6, 6.07) is 5.43. The van der Waals surface area contributed by atoms with E-state index in [0.717, 1.165) is 0 Å². The summed E-state index contributed by atoms with van der Waals surface area (Å²) in [7, 11) is -3.82. The van der Waals surface area contributed by atoms with Crippen LogP contribution < -0.4 is 9.46 Å². The molecule has 0 aromatic heterocycles. The summed E-state index contributed by atoms with van der Waals surface area (Å²) >= 11 is 0. The molecule has 0 spiro atoms. The molecule has 1 aliphatic rings. The van der Waals surface area contributed by atoms with E-state index in [2.05, 4.69) is 4.72 Å². The maximum absolute atomic E-state index is 12.8. The molecular weight excluding hydrogens is 368 g/mol. The number of hydrogen-bond donors (Lipinski definition) is 1. The Morgan fingerprint density at radius 3 is 2.26 bits per heavy atom. The van der Waals surface area contributed by atoms with Crippen LogP contribution in [0, 0.1) is 5.92 Å². The van der Waals surface area contributed by atoms with Crippen molar-refractivity contribution in [2.75, 3.05) is 26.3 Å². The summed E-state index contributed by atoms with van der Waals surface area (Å²) in [5.41, 5.74) is 0. The zero-order valence-corrected chi connectivity index (χ0v) is 17.3. The van der Waals surface area contributed by atoms with Crippen LogP contribution in [-0.4, -0.2) is 57.7 Å². The Morgan fingerprint density at radius 1 is 1.15 bits per heavy atom. The van der Waals surface area contributed by atoms with Gasteiger partial charge in [0.25, 0.3) is 0 Å². The zero-order valence-electron chi connectivity index (χ0n) is 16.5. The molecule has 0 saturated carbocycles. The van der Waals surface area contributed by atoms with Crippen LogP contribution in [0.3, 0.4) is 0 Å². The molecule has 2 rings (SSSR count). The van der Waals surface area contributed by atoms with Crippen LogP contribution >= 0.6 is 0 Å². The lowest BCUT2D eigenvalue weighted by atomic mass is 10.0. The monoisotopic (exact) mass is 398 g/mol. The molecule has 1 fully saturated rings. The molecule has 0 radical (unpaired) electrons. The first-order chi connectivity index (χ1) is 12.7. The van der Waals surface area contributed by atoms with Crippen LogP contribution in [-0.2, 0) is 19.6 Å². The number of sulfonamides is 1. The number of morpholine rings is 1. The van der Waals surface area contributed by atoms with E-state index < -0.39 is 16.1 Å². The quantitative estimate of drug-likeness (QED) is 0.724. The third-order valence-electron chi connectivity index (χ3n) is 4.13. The van der Waals surface area contributed by atoms with Crippen LogP contribution in [0.2, 0.25) is 0 Å². The molecule has 1 aromatic carbocycles. The first-order valence-corrected chi connectivity index (χ1v) is 10.8. The predicted octanol–water partition coefficient (Wildman–Crippen LogP) is 2.03. The second-order valence-corrected chi connectivity index (χ2v) is 9.09. The molecule has 1 aliphatic heterocycles. The van der Waals surface area contributed by atoms with Crippen molar-refractivity contribution in [2.45, 2.75) is 51.2 Å². The van der Waals surface area contributed by atoms with Crippen molar-refractivity contribution in [3.63, 3.8) is 0 Å². The highest BCUT2D eigenvalue weighted by atomic mass is 32.2. The topological polar surface area (TPSA) is 84.9 Å². The van der Waals surface area contributed by atoms with Crippen molar-refractivity contribution >= 4 is 15.9 Å². The number of carbonyl (C=O) groups is 1. The molecule has 0 bridgehead atoms. The Hall–Kier alpha value is -1.64. The van der Waals surface area contributed by atoms with E-state index in [9.17, 15) is 13.2 Å². The highest BCUT2D eigenvalue weighted by molar-refractivity contribution is 7.89. The highest BCUT2D eigenvalue weighted by Crippen LogP contribution is 2.19. The number of nitrogens with zero attached hydrogens (tertiary/aromatic N) is 1. The molecule has 1 aromatic rings. The molecule has 1 heterocycles. The number of benzene rings is 1. The van der Waals surface area contributed by atoms with Crippen molar-refractivity contribution < 1.29 is 22.7 Å². The van der Waals surface area contributed by atoms with Gasteiger partial charge in [-0.2, -0.15) is 4.72 Å². The van der Waals surface area contributed by atoms with Crippen molar-refractivity contribution in [3.05, 3.63) is 24.3 Å². The van der Waals surface area contributed by atoms with E-state index in [4.69, 9.17) is 9.47 Å². The van der Waals surface area contributed by atoms with Crippen LogP contribution in [0.1, 0.15) is 34.1 Å². The second-order valence-electron chi connectivity index (χ2n) is 7.38. The largest absolute Gasteiger partial charge is 0.491 e. The lowest BCUT2D eigenvalue weighted by molar-refractivity contribution is -0.137. The van der Waals surface area contributed by atoms with Crippen molar-refractivity contribution in [1.29, 1.82) is 0 Å². The number of rotatable bonds is 8. The van der Waals surface area contributed by atoms with Gasteiger partial charge in [-0.3, -0.25) is 4.79 Å². The summed E-state index contributed by atoms with van der Waals surface area (Å²) in [6.45, 7) is 9.65. The van der Waals surface area contributed by atoms with Crippen LogP contribution in [0.5, 0.6) is 5.75 Å². The Morgan fingerprint density at radius 2 is 1.74 bits per heavy atom. The Bertz CT molecular complexity index is 710. The van der Waals surface area contributed by atoms with E-state index in [0.29, 0.717) is 38.5 Å². The second kappa shape index (κ2) is 9.52. The minimum atomic E-state index is -3.82. The minimum Gasteiger partial charge on any atom is -0.491 e. The number of carbonyl (C=O) groups excluding carboxylic acids is 1. The predicted molar refractivity (Wildman–Crippen MR) is 103 cm³/mol. The van der Waals surface area contributed by atoms with Gasteiger partial charge in [0.1, 0.15) is 11.8 Å². The number of hydrogen-bond acceptors (Lipinski definition) is 5. The lowest BCUT2D eigenvalue weighted by Gasteiger charge is -2.31. The van der Waals surface area contributed by atoms with Crippen molar-refractivity contribution in [1.82, 2.24) is 9.62 Å². The van der Waals surface area contributed by atoms with Gasteiger partial charge in [-0.05, 0) is 50.5 Å². The van der Waals surface area contributed by atoms with Gasteiger partial charge in [-0.25, -0.2) is 8.42 Å². The lowest BCUT2D eigenvalue weighted by Crippen LogP contribution is -2.52. The van der Waals surface area contributed by atoms with Crippen LogP contribution in [0.4, 0.5) is 0 Å². The maximum Gasteiger partial charge on any atom is 0.241 e. The Balaban J connectivity index is 2.15. The van der Waals surface area contributed by atoms with E-state index >= 15 is 0 Å². The van der Waals surface area contributed by atoms with Crippen molar-refractivity contribution in [2.24, 2.45) is 5.92 Å². The molecule has 7 nitrogen and oxygen atoms in total. The van der Waals surface area contributed by atoms with Gasteiger partial charge in [0.15, 0.2) is 0 Å². The Labute approximate surface area is 162 Å². The van der Waals surface area contributed by atoms with E-state index in [1.165, 1.54) is 12.1 Å². The van der Waals surface area contributed by atoms with Gasteiger partial charge in [0.05, 0.1) is 24.2 Å². The average Bonchev–Trinajstić information content (AvgIpc) is 2.60. The summed E-state index contributed by atoms with van der Waals surface area (Å²) in [4.78, 5) is 14.6. The zero-order chi connectivity index (χ0) is 20.0. The molecule has 152 valence electrons. The summed E-state index contributed by atoms with van der Waals surface area (Å²) in [6.07, 6.45) is 0.441. The molecular formula is C19H30N2O5S. The molecule has 1 amide bonds. The standard InChI is InChI=1S/C19H30N2O5S/c1-14(2)13-18(19(22)21-9-11-25-12-10-21)20-27(23,24)17-7-5-16(6-8-17)26-15(3)4/h5-8,14-15,18,20H,9-13H2,1-4H3/t18-/m1/s1. The van der Waals surface area contributed by atoms with Crippen LogP contribution in [0.25, 0.3) is 0 Å². The fourth-order valence-electron chi connectivity index (χ4n) is 2.90. The van der Waals surface area contributed by atoms with Gasteiger partial charge in [0.2, 0.25) is 15.9 Å². The van der Waals surface area contributed by atoms with Gasteiger partial charge in [-0.1, -0.05) is 13.8 Å². The molecule has 0 aliphatic carbocycles. The molecule has 1 N–H and O–H groups in total. The summed E-state index contributed by atoms with van der Waals surface area (Å²) in [5.74, 6) is 0.576. The van der Waals surface area contributed by atoms with E-state index in [1.807, 2.05) is 27.7 Å². The fraction of sp³-hybridized carbons (Fsp3) is 0.632. The van der Waals surface area contributed by atoms with Gasteiger partial charge in [-0.15, -0.1) is 0 Å². The first kappa shape index (κ1) is 21.7. The minimum absolute atomic E-state index is 0.00662. The smallest absolute Gasteiger partial charge is 0.241 e. The van der Waals surface area contributed by atoms with Gasteiger partial charge >= 0.3 is 0 Å². The van der Waals surface area contributed by atoms with Gasteiger partial charge < -0.3 is 14.4 Å². The fourth-order valence-corrected chi connectivity index (χ4v) is 4.10. The molecule has 0 unspecified atom stereocenters. The normalized spacial score (nSPS) is 16.6. The molecule has 27 heavy (non-hydrogen) atoms. The number of amides is 1. The van der Waals surface area contributed by atoms with E-state index in [-0.39, 0.29) is 22.8 Å². The number of ether oxygens (including phenoxy) is 2. The molecule has 1 atom stereocenters. The third kappa shape index (κ3) is 6.48. The SMILES string of the molecule is CC(C)C[C@@H](NS(=O)(=O)c1ccc(OC(C)C)cc1)C(=O)N1CCOCC1. The highest BCUT2D eigenvalue weighted by Gasteiger charge is 2.30. The summed E-state index contributed by atoms with van der Waals surface area (Å²) < 4.78 is 39.0. The Kier molecular flexibility index (Phi) is 7.64. The average molecular weight is 399 g/mol. The molecule has 8 heteroatoms. The van der Waals surface area contributed by atoms with Crippen molar-refractivity contribution in [3.8, 4) is 5.75 Å². The maximum atomic E-state index is 12.8. The first-order valence-electron chi connectivity index (χ1n) is 9.34. The molecule has 1 saturated heterocycles. The van der Waals surface area contributed by atoms with Gasteiger partial charge in [0, 0.05) is 13.1 Å². The van der Waals surface area contributed by atoms with E-state index in [1.54, 1.807) is 17.0 Å². The number of nitrogens with one attached hydrogen (secondary N) is 1. The third-order valence-corrected chi connectivity index (χ3v) is 5.62. The van der Waals surface area contributed by atoms with Crippen LogP contribution in [0.15, 0.2) is 29.2 Å². The summed E-state index contributed by atoms with van der Waals surface area (Å²) in [5, 5.41) is 0.